The lowest BCUT2D eigenvalue weighted by Crippen LogP contribution is -2.41. The van der Waals surface area contributed by atoms with E-state index in [4.69, 9.17) is 0 Å². The Bertz CT molecular complexity index is 840. The molecule has 0 saturated carbocycles. The third-order valence-electron chi connectivity index (χ3n) is 4.28. The molecule has 2 aromatic heterocycles. The van der Waals surface area contributed by atoms with Crippen molar-refractivity contribution in [1.82, 2.24) is 19.9 Å². The number of aromatic nitrogens is 3. The number of pyridine rings is 1. The van der Waals surface area contributed by atoms with Gasteiger partial charge in [0.1, 0.15) is 17.1 Å². The lowest BCUT2D eigenvalue weighted by Gasteiger charge is -2.31. The van der Waals surface area contributed by atoms with Crippen LogP contribution in [0.4, 0.5) is 13.2 Å². The molecule has 1 fully saturated rings. The summed E-state index contributed by atoms with van der Waals surface area (Å²) in [6.07, 6.45) is -2.47. The van der Waals surface area contributed by atoms with E-state index in [2.05, 4.69) is 15.0 Å². The molecule has 2 aromatic rings. The highest BCUT2D eigenvalue weighted by molar-refractivity contribution is 5.93. The molecular formula is C16H17F3N4O2. The van der Waals surface area contributed by atoms with Gasteiger partial charge in [-0.2, -0.15) is 13.2 Å². The second-order valence-electron chi connectivity index (χ2n) is 6.15. The van der Waals surface area contributed by atoms with Crippen molar-refractivity contribution in [3.05, 3.63) is 51.5 Å². The standard InChI is InChI=1S/C16H17F3N4O2/c1-9-4-5-11(14(24)21-9)15(25)23-6-2-3-10(8-23)13-20-7-12(22-13)16(17,18)19/h4-5,7,10H,2-3,6,8H2,1H3,(H,20,22)(H,21,24)/t10-/m0/s1. The van der Waals surface area contributed by atoms with E-state index >= 15 is 0 Å². The molecule has 3 heterocycles. The zero-order chi connectivity index (χ0) is 18.2. The molecule has 1 atom stereocenters. The van der Waals surface area contributed by atoms with Crippen LogP contribution >= 0.6 is 0 Å². The number of hydrogen-bond donors (Lipinski definition) is 2. The molecule has 1 amide bonds. The van der Waals surface area contributed by atoms with Gasteiger partial charge >= 0.3 is 6.18 Å². The van der Waals surface area contributed by atoms with Crippen LogP contribution < -0.4 is 5.56 Å². The lowest BCUT2D eigenvalue weighted by atomic mass is 9.97. The van der Waals surface area contributed by atoms with Gasteiger partial charge in [-0.05, 0) is 31.9 Å². The highest BCUT2D eigenvalue weighted by atomic mass is 19.4. The molecule has 1 aliphatic rings. The summed E-state index contributed by atoms with van der Waals surface area (Å²) in [6.45, 7) is 2.38. The largest absolute Gasteiger partial charge is 0.432 e. The number of amides is 1. The minimum absolute atomic E-state index is 0.0293. The van der Waals surface area contributed by atoms with Gasteiger partial charge in [-0.1, -0.05) is 0 Å². The summed E-state index contributed by atoms with van der Waals surface area (Å²) in [5.41, 5.74) is -0.694. The van der Waals surface area contributed by atoms with Gasteiger partial charge in [0.15, 0.2) is 0 Å². The first kappa shape index (κ1) is 17.2. The number of H-pyrrole nitrogens is 2. The van der Waals surface area contributed by atoms with E-state index in [0.717, 1.165) is 6.20 Å². The summed E-state index contributed by atoms with van der Waals surface area (Å²) in [6, 6.07) is 3.10. The van der Waals surface area contributed by atoms with E-state index in [1.54, 1.807) is 13.0 Å². The monoisotopic (exact) mass is 354 g/mol. The number of aromatic amines is 2. The number of imidazole rings is 1. The first-order chi connectivity index (χ1) is 11.8. The Labute approximate surface area is 141 Å². The molecule has 134 valence electrons. The van der Waals surface area contributed by atoms with Gasteiger partial charge in [0.25, 0.3) is 11.5 Å². The topological polar surface area (TPSA) is 81.8 Å². The second kappa shape index (κ2) is 6.38. The Morgan fingerprint density at radius 3 is 2.72 bits per heavy atom. The zero-order valence-corrected chi connectivity index (χ0v) is 13.5. The van der Waals surface area contributed by atoms with Crippen LogP contribution in [0, 0.1) is 6.92 Å². The number of piperidine rings is 1. The second-order valence-corrected chi connectivity index (χ2v) is 6.15. The molecule has 0 radical (unpaired) electrons. The Hall–Kier alpha value is -2.58. The number of carbonyl (C=O) groups is 1. The molecule has 0 bridgehead atoms. The quantitative estimate of drug-likeness (QED) is 0.869. The fraction of sp³-hybridized carbons (Fsp3) is 0.438. The van der Waals surface area contributed by atoms with Crippen LogP contribution in [0.1, 0.15) is 46.3 Å². The van der Waals surface area contributed by atoms with Crippen molar-refractivity contribution in [3.8, 4) is 0 Å². The van der Waals surface area contributed by atoms with Crippen molar-refractivity contribution in [1.29, 1.82) is 0 Å². The predicted octanol–water partition coefficient (Wildman–Crippen LogP) is 2.45. The zero-order valence-electron chi connectivity index (χ0n) is 13.5. The normalized spacial score (nSPS) is 18.4. The van der Waals surface area contributed by atoms with E-state index in [9.17, 15) is 22.8 Å². The van der Waals surface area contributed by atoms with Crippen molar-refractivity contribution in [2.45, 2.75) is 31.9 Å². The van der Waals surface area contributed by atoms with Crippen LogP contribution in [0.2, 0.25) is 0 Å². The van der Waals surface area contributed by atoms with Crippen LogP contribution in [0.25, 0.3) is 0 Å². The Morgan fingerprint density at radius 2 is 2.08 bits per heavy atom. The lowest BCUT2D eigenvalue weighted by molar-refractivity contribution is -0.141. The maximum atomic E-state index is 12.7. The van der Waals surface area contributed by atoms with Crippen LogP contribution in [0.15, 0.2) is 23.1 Å². The summed E-state index contributed by atoms with van der Waals surface area (Å²) in [4.78, 5) is 34.7. The van der Waals surface area contributed by atoms with E-state index in [-0.39, 0.29) is 23.9 Å². The molecule has 0 aromatic carbocycles. The van der Waals surface area contributed by atoms with E-state index in [1.807, 2.05) is 0 Å². The number of alkyl halides is 3. The minimum atomic E-state index is -4.48. The molecule has 1 saturated heterocycles. The first-order valence-corrected chi connectivity index (χ1v) is 7.87. The van der Waals surface area contributed by atoms with Gasteiger partial charge in [0.2, 0.25) is 0 Å². The molecule has 9 heteroatoms. The van der Waals surface area contributed by atoms with E-state index in [1.165, 1.54) is 11.0 Å². The highest BCUT2D eigenvalue weighted by Gasteiger charge is 2.35. The molecule has 1 aliphatic heterocycles. The average Bonchev–Trinajstić information content (AvgIpc) is 3.05. The number of rotatable bonds is 2. The number of likely N-dealkylation sites (tertiary alicyclic amines) is 1. The molecule has 2 N–H and O–H groups in total. The third kappa shape index (κ3) is 3.59. The molecule has 0 aliphatic carbocycles. The van der Waals surface area contributed by atoms with Gasteiger partial charge in [-0.15, -0.1) is 0 Å². The molecule has 0 unspecified atom stereocenters. The summed E-state index contributed by atoms with van der Waals surface area (Å²) in [5, 5.41) is 0. The number of carbonyl (C=O) groups excluding carboxylic acids is 1. The Balaban J connectivity index is 1.78. The third-order valence-corrected chi connectivity index (χ3v) is 4.28. The Morgan fingerprint density at radius 1 is 1.32 bits per heavy atom. The fourth-order valence-corrected chi connectivity index (χ4v) is 2.98. The molecule has 0 spiro atoms. The maximum Gasteiger partial charge on any atom is 0.432 e. The smallest absolute Gasteiger partial charge is 0.338 e. The molecule has 25 heavy (non-hydrogen) atoms. The molecular weight excluding hydrogens is 337 g/mol. The molecule has 3 rings (SSSR count). The van der Waals surface area contributed by atoms with Gasteiger partial charge in [-0.3, -0.25) is 9.59 Å². The van der Waals surface area contributed by atoms with Crippen molar-refractivity contribution >= 4 is 5.91 Å². The number of nitrogens with zero attached hydrogens (tertiary/aromatic N) is 2. The van der Waals surface area contributed by atoms with E-state index in [0.29, 0.717) is 25.1 Å². The van der Waals surface area contributed by atoms with Crippen LogP contribution in [0.5, 0.6) is 0 Å². The summed E-state index contributed by atoms with van der Waals surface area (Å²) < 4.78 is 38.1. The molecule has 6 nitrogen and oxygen atoms in total. The fourth-order valence-electron chi connectivity index (χ4n) is 2.98. The first-order valence-electron chi connectivity index (χ1n) is 7.87. The van der Waals surface area contributed by atoms with Gasteiger partial charge in [0, 0.05) is 24.7 Å². The van der Waals surface area contributed by atoms with Crippen LogP contribution in [0.3, 0.4) is 0 Å². The van der Waals surface area contributed by atoms with Crippen molar-refractivity contribution < 1.29 is 18.0 Å². The van der Waals surface area contributed by atoms with Gasteiger partial charge < -0.3 is 14.9 Å². The number of halogens is 3. The average molecular weight is 354 g/mol. The summed E-state index contributed by atoms with van der Waals surface area (Å²) in [7, 11) is 0. The van der Waals surface area contributed by atoms with Crippen LogP contribution in [-0.2, 0) is 6.18 Å². The number of aryl methyl sites for hydroxylation is 1. The van der Waals surface area contributed by atoms with Crippen LogP contribution in [-0.4, -0.2) is 38.8 Å². The van der Waals surface area contributed by atoms with Crippen molar-refractivity contribution in [2.75, 3.05) is 13.1 Å². The predicted molar refractivity (Wildman–Crippen MR) is 83.3 cm³/mol. The summed E-state index contributed by atoms with van der Waals surface area (Å²) >= 11 is 0. The number of hydrogen-bond acceptors (Lipinski definition) is 3. The Kier molecular flexibility index (Phi) is 4.40. The summed E-state index contributed by atoms with van der Waals surface area (Å²) in [5.74, 6) is -0.533. The minimum Gasteiger partial charge on any atom is -0.338 e. The van der Waals surface area contributed by atoms with Gasteiger partial charge in [-0.25, -0.2) is 4.98 Å². The number of nitrogens with one attached hydrogen (secondary N) is 2. The SMILES string of the molecule is Cc1ccc(C(=O)N2CCC[C@H](c3ncc(C(F)(F)F)[nH]3)C2)c(=O)[nH]1. The van der Waals surface area contributed by atoms with Crippen molar-refractivity contribution in [2.24, 2.45) is 0 Å². The van der Waals surface area contributed by atoms with Gasteiger partial charge in [0.05, 0.1) is 6.20 Å². The van der Waals surface area contributed by atoms with Crippen molar-refractivity contribution in [3.63, 3.8) is 0 Å². The maximum absolute atomic E-state index is 12.7. The highest BCUT2D eigenvalue weighted by Crippen LogP contribution is 2.31. The van der Waals surface area contributed by atoms with E-state index < -0.39 is 23.3 Å².